The summed E-state index contributed by atoms with van der Waals surface area (Å²) in [5.74, 6) is 0. The summed E-state index contributed by atoms with van der Waals surface area (Å²) in [6.45, 7) is 14.9. The third-order valence-corrected chi connectivity index (χ3v) is 12.9. The van der Waals surface area contributed by atoms with Crippen LogP contribution in [0.25, 0.3) is 0 Å². The second-order valence-corrected chi connectivity index (χ2v) is 15.4. The zero-order valence-electron chi connectivity index (χ0n) is 22.7. The number of hydrogen-bond acceptors (Lipinski definition) is 5. The first kappa shape index (κ1) is 27.8. The number of piperazine rings is 1. The van der Waals surface area contributed by atoms with Gasteiger partial charge in [-0.05, 0) is 33.4 Å². The average molecular weight is 517 g/mol. The summed E-state index contributed by atoms with van der Waals surface area (Å²) >= 11 is 0. The van der Waals surface area contributed by atoms with Gasteiger partial charge in [-0.1, -0.05) is 106 Å². The van der Waals surface area contributed by atoms with Gasteiger partial charge in [-0.2, -0.15) is 0 Å². The molecule has 7 heteroatoms. The molecule has 0 amide bonds. The van der Waals surface area contributed by atoms with Crippen LogP contribution in [-0.4, -0.2) is 74.6 Å². The maximum atomic E-state index is 9.36. The maximum absolute atomic E-state index is 9.36. The van der Waals surface area contributed by atoms with Gasteiger partial charge in [0.2, 0.25) is 0 Å². The molecule has 4 rings (SSSR count). The Morgan fingerprint density at radius 3 is 1.78 bits per heavy atom. The van der Waals surface area contributed by atoms with Crippen LogP contribution in [0.2, 0.25) is 5.04 Å². The van der Waals surface area contributed by atoms with Gasteiger partial charge in [0.15, 0.2) is 0 Å². The van der Waals surface area contributed by atoms with Crippen LogP contribution in [0.5, 0.6) is 0 Å². The third-order valence-electron chi connectivity index (χ3n) is 7.81. The molecule has 2 N–H and O–H groups in total. The van der Waals surface area contributed by atoms with Crippen LogP contribution < -0.4 is 15.8 Å². The van der Waals surface area contributed by atoms with Gasteiger partial charge in [0.05, 0.1) is 0 Å². The molecule has 0 unspecified atom stereocenters. The Hall–Kier alpha value is -2.26. The van der Waals surface area contributed by atoms with Crippen LogP contribution in [-0.2, 0) is 4.43 Å². The predicted octanol–water partition coefficient (Wildman–Crippen LogP) is 2.62. The standard InChI is InChI=1S/C30H41BN2O3Si/c1-25(26-15-17-27(18-16-26)31(34)35)33-21-19-32(20-22-33)23-24-36-37(30(2,3)4,28-11-7-5-8-12-28)29-13-9-6-10-14-29/h5-18,25,34-35H,19-24H2,1-4H3/t25-/m0/s1. The Bertz CT molecular complexity index is 1060. The number of nitrogens with zero attached hydrogens (tertiary/aromatic N) is 2. The molecule has 196 valence electrons. The number of benzene rings is 3. The van der Waals surface area contributed by atoms with E-state index in [1.807, 2.05) is 12.1 Å². The van der Waals surface area contributed by atoms with E-state index < -0.39 is 15.4 Å². The van der Waals surface area contributed by atoms with Crippen molar-refractivity contribution in [1.29, 1.82) is 0 Å². The SMILES string of the molecule is C[C@@H](c1ccc(B(O)O)cc1)N1CCN(CCO[Si](c2ccccc2)(c2ccccc2)C(C)(C)C)CC1. The van der Waals surface area contributed by atoms with Gasteiger partial charge in [-0.3, -0.25) is 9.80 Å². The number of rotatable bonds is 9. The molecule has 0 bridgehead atoms. The highest BCUT2D eigenvalue weighted by Gasteiger charge is 2.50. The highest BCUT2D eigenvalue weighted by molar-refractivity contribution is 6.99. The summed E-state index contributed by atoms with van der Waals surface area (Å²) in [6, 6.07) is 29.6. The Morgan fingerprint density at radius 2 is 1.32 bits per heavy atom. The molecule has 0 aliphatic carbocycles. The average Bonchev–Trinajstić information content (AvgIpc) is 2.91. The molecule has 1 saturated heterocycles. The van der Waals surface area contributed by atoms with Crippen molar-refractivity contribution in [3.05, 3.63) is 90.5 Å². The molecule has 3 aromatic carbocycles. The van der Waals surface area contributed by atoms with Gasteiger partial charge in [-0.15, -0.1) is 0 Å². The number of hydrogen-bond donors (Lipinski definition) is 2. The van der Waals surface area contributed by atoms with Crippen molar-refractivity contribution in [2.24, 2.45) is 0 Å². The van der Waals surface area contributed by atoms with E-state index in [-0.39, 0.29) is 5.04 Å². The fraction of sp³-hybridized carbons (Fsp3) is 0.400. The molecule has 1 fully saturated rings. The second-order valence-electron chi connectivity index (χ2n) is 11.1. The van der Waals surface area contributed by atoms with Crippen LogP contribution in [0.3, 0.4) is 0 Å². The van der Waals surface area contributed by atoms with Crippen molar-refractivity contribution >= 4 is 31.3 Å². The Morgan fingerprint density at radius 1 is 0.811 bits per heavy atom. The lowest BCUT2D eigenvalue weighted by molar-refractivity contribution is 0.0906. The minimum Gasteiger partial charge on any atom is -0.423 e. The Labute approximate surface area is 224 Å². The van der Waals surface area contributed by atoms with Crippen LogP contribution in [0, 0.1) is 0 Å². The predicted molar refractivity (Wildman–Crippen MR) is 156 cm³/mol. The summed E-state index contributed by atoms with van der Waals surface area (Å²) in [5.41, 5.74) is 1.73. The van der Waals surface area contributed by atoms with Gasteiger partial charge in [-0.25, -0.2) is 0 Å². The summed E-state index contributed by atoms with van der Waals surface area (Å²) in [4.78, 5) is 5.02. The summed E-state index contributed by atoms with van der Waals surface area (Å²) < 4.78 is 7.09. The molecule has 0 spiro atoms. The largest absolute Gasteiger partial charge is 0.488 e. The molecule has 1 aliphatic rings. The zero-order valence-corrected chi connectivity index (χ0v) is 23.7. The third kappa shape index (κ3) is 6.25. The molecule has 3 aromatic rings. The quantitative estimate of drug-likeness (QED) is 0.429. The lowest BCUT2D eigenvalue weighted by Crippen LogP contribution is -2.67. The molecule has 0 aromatic heterocycles. The first-order valence-electron chi connectivity index (χ1n) is 13.4. The van der Waals surface area contributed by atoms with Gasteiger partial charge in [0, 0.05) is 45.4 Å². The van der Waals surface area contributed by atoms with Crippen molar-refractivity contribution in [2.75, 3.05) is 39.3 Å². The smallest absolute Gasteiger partial charge is 0.423 e. The lowest BCUT2D eigenvalue weighted by Gasteiger charge is -2.44. The van der Waals surface area contributed by atoms with Crippen LogP contribution in [0.1, 0.15) is 39.3 Å². The van der Waals surface area contributed by atoms with Crippen molar-refractivity contribution in [1.82, 2.24) is 9.80 Å². The van der Waals surface area contributed by atoms with Crippen molar-refractivity contribution < 1.29 is 14.5 Å². The van der Waals surface area contributed by atoms with Crippen molar-refractivity contribution in [3.8, 4) is 0 Å². The van der Waals surface area contributed by atoms with Gasteiger partial charge in [0.25, 0.3) is 8.32 Å². The second kappa shape index (κ2) is 12.1. The highest BCUT2D eigenvalue weighted by Crippen LogP contribution is 2.36. The van der Waals surface area contributed by atoms with E-state index in [0.717, 1.165) is 32.7 Å². The molecule has 0 saturated carbocycles. The fourth-order valence-electron chi connectivity index (χ4n) is 5.62. The summed E-state index contributed by atoms with van der Waals surface area (Å²) in [5, 5.41) is 21.4. The van der Waals surface area contributed by atoms with Gasteiger partial charge >= 0.3 is 7.12 Å². The van der Waals surface area contributed by atoms with E-state index in [1.54, 1.807) is 12.1 Å². The van der Waals surface area contributed by atoms with Gasteiger partial charge < -0.3 is 14.5 Å². The summed E-state index contributed by atoms with van der Waals surface area (Å²) in [6.07, 6.45) is 0. The first-order valence-corrected chi connectivity index (χ1v) is 15.3. The lowest BCUT2D eigenvalue weighted by atomic mass is 9.80. The first-order chi connectivity index (χ1) is 17.7. The minimum atomic E-state index is -2.49. The van der Waals surface area contributed by atoms with Crippen LogP contribution in [0.15, 0.2) is 84.9 Å². The topological polar surface area (TPSA) is 56.2 Å². The van der Waals surface area contributed by atoms with Crippen LogP contribution >= 0.6 is 0 Å². The molecule has 1 aliphatic heterocycles. The highest BCUT2D eigenvalue weighted by atomic mass is 28.4. The van der Waals surface area contributed by atoms with E-state index in [4.69, 9.17) is 4.43 Å². The van der Waals surface area contributed by atoms with Crippen molar-refractivity contribution in [2.45, 2.75) is 38.8 Å². The fourth-order valence-corrected chi connectivity index (χ4v) is 10.2. The minimum absolute atomic E-state index is 0.00848. The van der Waals surface area contributed by atoms with E-state index in [9.17, 15) is 10.0 Å². The van der Waals surface area contributed by atoms with E-state index >= 15 is 0 Å². The molecular weight excluding hydrogens is 475 g/mol. The van der Waals surface area contributed by atoms with E-state index in [0.29, 0.717) is 18.1 Å². The normalized spacial score (nSPS) is 16.5. The van der Waals surface area contributed by atoms with Crippen molar-refractivity contribution in [3.63, 3.8) is 0 Å². The van der Waals surface area contributed by atoms with Gasteiger partial charge in [0.1, 0.15) is 0 Å². The molecule has 1 atom stereocenters. The molecule has 37 heavy (non-hydrogen) atoms. The Balaban J connectivity index is 1.40. The maximum Gasteiger partial charge on any atom is 0.488 e. The van der Waals surface area contributed by atoms with E-state index in [1.165, 1.54) is 15.9 Å². The Kier molecular flexibility index (Phi) is 9.06. The summed E-state index contributed by atoms with van der Waals surface area (Å²) in [7, 11) is -3.91. The molecule has 0 radical (unpaired) electrons. The molecule has 5 nitrogen and oxygen atoms in total. The zero-order chi connectivity index (χ0) is 26.5. The molecule has 1 heterocycles. The monoisotopic (exact) mass is 516 g/mol. The van der Waals surface area contributed by atoms with Crippen LogP contribution in [0.4, 0.5) is 0 Å². The molecular formula is C30H41BN2O3Si. The van der Waals surface area contributed by atoms with E-state index in [2.05, 4.69) is 98.2 Å².